The molecule has 0 bridgehead atoms. The summed E-state index contributed by atoms with van der Waals surface area (Å²) < 4.78 is 0. The summed E-state index contributed by atoms with van der Waals surface area (Å²) in [5.41, 5.74) is 0. The van der Waals surface area contributed by atoms with Gasteiger partial charge in [-0.2, -0.15) is 0 Å². The van der Waals surface area contributed by atoms with Crippen molar-refractivity contribution in [3.05, 3.63) is 17.8 Å². The van der Waals surface area contributed by atoms with Crippen molar-refractivity contribution in [1.82, 2.24) is 14.9 Å². The quantitative estimate of drug-likeness (QED) is 0.809. The minimum Gasteiger partial charge on any atom is -0.353 e. The molecule has 4 nitrogen and oxygen atoms in total. The van der Waals surface area contributed by atoms with Crippen LogP contribution in [-0.4, -0.2) is 52.9 Å². The second-order valence-corrected chi connectivity index (χ2v) is 6.04. The van der Waals surface area contributed by atoms with Crippen LogP contribution in [0, 0.1) is 0 Å². The molecule has 1 aliphatic rings. The highest BCUT2D eigenvalue weighted by Gasteiger charge is 2.19. The summed E-state index contributed by atoms with van der Waals surface area (Å²) >= 11 is 5.18. The van der Waals surface area contributed by atoms with Crippen LogP contribution in [0.4, 0.5) is 5.82 Å². The Kier molecular flexibility index (Phi) is 3.77. The van der Waals surface area contributed by atoms with Gasteiger partial charge in [0, 0.05) is 38.1 Å². The van der Waals surface area contributed by atoms with Gasteiger partial charge in [-0.3, -0.25) is 4.90 Å². The van der Waals surface area contributed by atoms with Crippen LogP contribution >= 0.6 is 27.3 Å². The Labute approximate surface area is 119 Å². The molecular weight excluding hydrogens is 312 g/mol. The van der Waals surface area contributed by atoms with Crippen molar-refractivity contribution in [2.75, 3.05) is 43.0 Å². The number of thiophene rings is 1. The molecule has 0 aliphatic carbocycles. The highest BCUT2D eigenvalue weighted by Crippen LogP contribution is 2.27. The van der Waals surface area contributed by atoms with E-state index in [0.29, 0.717) is 0 Å². The first-order valence-corrected chi connectivity index (χ1v) is 8.10. The van der Waals surface area contributed by atoms with E-state index in [2.05, 4.69) is 47.1 Å². The van der Waals surface area contributed by atoms with Crippen LogP contribution in [0.2, 0.25) is 0 Å². The fraction of sp³-hybridized carbons (Fsp3) is 0.500. The van der Waals surface area contributed by atoms with Gasteiger partial charge in [0.25, 0.3) is 0 Å². The average molecular weight is 327 g/mol. The van der Waals surface area contributed by atoms with E-state index in [-0.39, 0.29) is 0 Å². The van der Waals surface area contributed by atoms with E-state index in [4.69, 9.17) is 0 Å². The predicted octanol–water partition coefficient (Wildman–Crippen LogP) is 2.21. The van der Waals surface area contributed by atoms with Crippen molar-refractivity contribution in [2.45, 2.75) is 0 Å². The maximum atomic E-state index is 4.47. The summed E-state index contributed by atoms with van der Waals surface area (Å²) in [5.74, 6) is 1.10. The van der Waals surface area contributed by atoms with Crippen molar-refractivity contribution >= 4 is 43.3 Å². The first kappa shape index (κ1) is 12.3. The van der Waals surface area contributed by atoms with E-state index < -0.39 is 0 Å². The SMILES string of the molecule is BrCCN1CCN(c2ncnc3sccc23)CC1. The van der Waals surface area contributed by atoms with Gasteiger partial charge >= 0.3 is 0 Å². The normalized spacial score (nSPS) is 17.5. The lowest BCUT2D eigenvalue weighted by atomic mass is 10.3. The van der Waals surface area contributed by atoms with Crippen molar-refractivity contribution in [3.8, 4) is 0 Å². The molecule has 0 N–H and O–H groups in total. The number of rotatable bonds is 3. The molecule has 0 spiro atoms. The molecule has 3 heterocycles. The van der Waals surface area contributed by atoms with Crippen LogP contribution in [-0.2, 0) is 0 Å². The Morgan fingerprint density at radius 3 is 2.83 bits per heavy atom. The number of hydrogen-bond acceptors (Lipinski definition) is 5. The number of fused-ring (bicyclic) bond motifs is 1. The average Bonchev–Trinajstić information content (AvgIpc) is 2.88. The molecule has 0 aromatic carbocycles. The van der Waals surface area contributed by atoms with Gasteiger partial charge in [-0.05, 0) is 11.4 Å². The second-order valence-electron chi connectivity index (χ2n) is 4.35. The van der Waals surface area contributed by atoms with Gasteiger partial charge in [-0.25, -0.2) is 9.97 Å². The highest BCUT2D eigenvalue weighted by molar-refractivity contribution is 9.09. The molecule has 2 aromatic heterocycles. The van der Waals surface area contributed by atoms with E-state index in [9.17, 15) is 0 Å². The van der Waals surface area contributed by atoms with Crippen molar-refractivity contribution in [1.29, 1.82) is 0 Å². The predicted molar refractivity (Wildman–Crippen MR) is 79.9 cm³/mol. The number of piperazine rings is 1. The summed E-state index contributed by atoms with van der Waals surface area (Å²) in [6.07, 6.45) is 1.68. The van der Waals surface area contributed by atoms with E-state index in [0.717, 1.165) is 48.7 Å². The molecule has 0 amide bonds. The molecule has 1 saturated heterocycles. The topological polar surface area (TPSA) is 32.3 Å². The number of halogens is 1. The van der Waals surface area contributed by atoms with Crippen LogP contribution in [0.15, 0.2) is 17.8 Å². The Hall–Kier alpha value is -0.720. The summed E-state index contributed by atoms with van der Waals surface area (Å²) in [6, 6.07) is 2.13. The zero-order valence-corrected chi connectivity index (χ0v) is 12.5. The molecule has 2 aromatic rings. The van der Waals surface area contributed by atoms with Crippen LogP contribution in [0.5, 0.6) is 0 Å². The van der Waals surface area contributed by atoms with E-state index in [1.54, 1.807) is 17.7 Å². The van der Waals surface area contributed by atoms with Gasteiger partial charge in [0.05, 0.1) is 5.39 Å². The molecule has 1 aliphatic heterocycles. The molecular formula is C12H15BrN4S. The van der Waals surface area contributed by atoms with Gasteiger partial charge in [-0.1, -0.05) is 15.9 Å². The van der Waals surface area contributed by atoms with Crippen molar-refractivity contribution < 1.29 is 0 Å². The lowest BCUT2D eigenvalue weighted by molar-refractivity contribution is 0.273. The molecule has 3 rings (SSSR count). The number of hydrogen-bond donors (Lipinski definition) is 0. The number of nitrogens with zero attached hydrogens (tertiary/aromatic N) is 4. The zero-order valence-electron chi connectivity index (χ0n) is 10.0. The van der Waals surface area contributed by atoms with E-state index in [1.807, 2.05) is 0 Å². The van der Waals surface area contributed by atoms with Crippen LogP contribution < -0.4 is 4.90 Å². The lowest BCUT2D eigenvalue weighted by Gasteiger charge is -2.35. The second kappa shape index (κ2) is 5.50. The first-order valence-electron chi connectivity index (χ1n) is 6.10. The van der Waals surface area contributed by atoms with Crippen LogP contribution in [0.1, 0.15) is 0 Å². The largest absolute Gasteiger partial charge is 0.353 e. The van der Waals surface area contributed by atoms with Gasteiger partial charge in [0.15, 0.2) is 0 Å². The van der Waals surface area contributed by atoms with Gasteiger partial charge in [-0.15, -0.1) is 11.3 Å². The first-order chi connectivity index (χ1) is 8.88. The van der Waals surface area contributed by atoms with Gasteiger partial charge < -0.3 is 4.90 Å². The maximum Gasteiger partial charge on any atom is 0.140 e. The third kappa shape index (κ3) is 2.37. The molecule has 0 radical (unpaired) electrons. The van der Waals surface area contributed by atoms with E-state index in [1.165, 1.54) is 5.39 Å². The fourth-order valence-electron chi connectivity index (χ4n) is 2.33. The minimum absolute atomic E-state index is 1.05. The summed E-state index contributed by atoms with van der Waals surface area (Å²) in [4.78, 5) is 14.7. The Balaban J connectivity index is 1.78. The monoisotopic (exact) mass is 326 g/mol. The number of aromatic nitrogens is 2. The van der Waals surface area contributed by atoms with Crippen LogP contribution in [0.25, 0.3) is 10.2 Å². The van der Waals surface area contributed by atoms with Gasteiger partial charge in [0.1, 0.15) is 17.0 Å². The summed E-state index contributed by atoms with van der Waals surface area (Å²) in [5, 5.41) is 4.33. The molecule has 1 fully saturated rings. The zero-order chi connectivity index (χ0) is 12.4. The Morgan fingerprint density at radius 1 is 1.22 bits per heavy atom. The standard InChI is InChI=1S/C12H15BrN4S/c13-2-3-16-4-6-17(7-5-16)11-10-1-8-18-12(10)15-9-14-11/h1,8-9H,2-7H2. The number of alkyl halides is 1. The fourth-order valence-corrected chi connectivity index (χ4v) is 3.56. The van der Waals surface area contributed by atoms with Crippen molar-refractivity contribution in [3.63, 3.8) is 0 Å². The molecule has 6 heteroatoms. The van der Waals surface area contributed by atoms with Crippen LogP contribution in [0.3, 0.4) is 0 Å². The minimum atomic E-state index is 1.05. The Bertz CT molecular complexity index is 522. The third-order valence-electron chi connectivity index (χ3n) is 3.31. The smallest absolute Gasteiger partial charge is 0.140 e. The Morgan fingerprint density at radius 2 is 2.06 bits per heavy atom. The van der Waals surface area contributed by atoms with Gasteiger partial charge in [0.2, 0.25) is 0 Å². The van der Waals surface area contributed by atoms with E-state index >= 15 is 0 Å². The summed E-state index contributed by atoms with van der Waals surface area (Å²) in [6.45, 7) is 5.46. The molecule has 18 heavy (non-hydrogen) atoms. The third-order valence-corrected chi connectivity index (χ3v) is 4.49. The molecule has 0 unspecified atom stereocenters. The molecule has 0 atom stereocenters. The molecule has 0 saturated carbocycles. The van der Waals surface area contributed by atoms with Crippen molar-refractivity contribution in [2.24, 2.45) is 0 Å². The number of anilines is 1. The summed E-state index contributed by atoms with van der Waals surface area (Å²) in [7, 11) is 0. The maximum absolute atomic E-state index is 4.47. The lowest BCUT2D eigenvalue weighted by Crippen LogP contribution is -2.47. The highest BCUT2D eigenvalue weighted by atomic mass is 79.9. The molecule has 96 valence electrons.